The maximum absolute atomic E-state index is 11.5. The molecule has 0 radical (unpaired) electrons. The van der Waals surface area contributed by atoms with Crippen molar-refractivity contribution in [2.24, 2.45) is 11.5 Å². The van der Waals surface area contributed by atoms with Crippen molar-refractivity contribution >= 4 is 11.9 Å². The van der Waals surface area contributed by atoms with E-state index >= 15 is 0 Å². The Labute approximate surface area is 106 Å². The molecule has 0 aromatic heterocycles. The van der Waals surface area contributed by atoms with Gasteiger partial charge in [-0.2, -0.15) is 0 Å². The van der Waals surface area contributed by atoms with Gasteiger partial charge in [0.25, 0.3) is 0 Å². The summed E-state index contributed by atoms with van der Waals surface area (Å²) in [6.45, 7) is 1.53. The zero-order valence-electron chi connectivity index (χ0n) is 10.7. The van der Waals surface area contributed by atoms with Crippen LogP contribution in [0.1, 0.15) is 19.8 Å². The van der Waals surface area contributed by atoms with Gasteiger partial charge in [0.15, 0.2) is 0 Å². The number of nitrogens with two attached hydrogens (primary N) is 2. The number of likely N-dealkylation sites (N-methyl/N-ethyl adjacent to an activating group) is 1. The lowest BCUT2D eigenvalue weighted by atomic mass is 10.1. The normalized spacial score (nSPS) is 16.1. The molecule has 7 N–H and O–H groups in total. The summed E-state index contributed by atoms with van der Waals surface area (Å²) >= 11 is 0. The number of aliphatic carboxylic acids is 1. The molecule has 0 fully saturated rings. The third kappa shape index (κ3) is 6.50. The van der Waals surface area contributed by atoms with Crippen LogP contribution >= 0.6 is 0 Å². The number of aliphatic hydroxyl groups excluding tert-OH is 1. The quantitative estimate of drug-likeness (QED) is 0.314. The first-order valence-corrected chi connectivity index (χ1v) is 5.66. The van der Waals surface area contributed by atoms with Gasteiger partial charge in [0.1, 0.15) is 6.04 Å². The Bertz CT molecular complexity index is 287. The van der Waals surface area contributed by atoms with Crippen LogP contribution in [0.4, 0.5) is 0 Å². The van der Waals surface area contributed by atoms with E-state index in [1.165, 1.54) is 19.0 Å². The van der Waals surface area contributed by atoms with Crippen molar-refractivity contribution < 1.29 is 19.8 Å². The summed E-state index contributed by atoms with van der Waals surface area (Å²) < 4.78 is 0. The van der Waals surface area contributed by atoms with Crippen LogP contribution in [0, 0.1) is 0 Å². The molecule has 0 bridgehead atoms. The Morgan fingerprint density at radius 1 is 1.44 bits per heavy atom. The molecule has 0 saturated carbocycles. The molecule has 0 spiro atoms. The summed E-state index contributed by atoms with van der Waals surface area (Å²) in [6.07, 6.45) is -0.515. The van der Waals surface area contributed by atoms with Gasteiger partial charge >= 0.3 is 5.97 Å². The maximum atomic E-state index is 11.5. The first-order chi connectivity index (χ1) is 8.27. The molecular formula is C10H22N4O4. The molecule has 0 aliphatic heterocycles. The number of hydrogen-bond donors (Lipinski definition) is 5. The summed E-state index contributed by atoms with van der Waals surface area (Å²) in [5, 5.41) is 19.2. The SMILES string of the molecule is C[C@@H](C(=O)O)N(C)NC(=O)C[C@H](N)C[C@@H](O)CN. The summed E-state index contributed by atoms with van der Waals surface area (Å²) in [5.74, 6) is -1.44. The number of nitrogens with one attached hydrogen (secondary N) is 1. The van der Waals surface area contributed by atoms with Crippen molar-refractivity contribution in [3.8, 4) is 0 Å². The lowest BCUT2D eigenvalue weighted by Gasteiger charge is -2.23. The Hall–Kier alpha value is -1.22. The molecule has 0 aliphatic carbocycles. The van der Waals surface area contributed by atoms with Gasteiger partial charge in [-0.25, -0.2) is 5.01 Å². The third-order valence-corrected chi connectivity index (χ3v) is 2.53. The molecule has 18 heavy (non-hydrogen) atoms. The smallest absolute Gasteiger partial charge is 0.322 e. The second-order valence-corrected chi connectivity index (χ2v) is 4.25. The predicted molar refractivity (Wildman–Crippen MR) is 65.3 cm³/mol. The van der Waals surface area contributed by atoms with Crippen molar-refractivity contribution in [1.29, 1.82) is 0 Å². The molecule has 8 nitrogen and oxygen atoms in total. The fourth-order valence-corrected chi connectivity index (χ4v) is 1.27. The van der Waals surface area contributed by atoms with E-state index in [1.807, 2.05) is 0 Å². The minimum atomic E-state index is -1.04. The molecule has 0 aromatic carbocycles. The number of carboxylic acid groups (broad SMARTS) is 1. The van der Waals surface area contributed by atoms with Crippen molar-refractivity contribution in [2.45, 2.75) is 38.0 Å². The predicted octanol–water partition coefficient (Wildman–Crippen LogP) is -2.15. The molecule has 0 aromatic rings. The molecule has 0 saturated heterocycles. The van der Waals surface area contributed by atoms with E-state index < -0.39 is 30.1 Å². The summed E-state index contributed by atoms with van der Waals surface area (Å²) in [4.78, 5) is 22.2. The number of carboxylic acids is 1. The van der Waals surface area contributed by atoms with E-state index in [0.29, 0.717) is 0 Å². The van der Waals surface area contributed by atoms with Crippen molar-refractivity contribution in [2.75, 3.05) is 13.6 Å². The molecule has 1 amide bonds. The summed E-state index contributed by atoms with van der Waals surface area (Å²) in [7, 11) is 1.46. The molecule has 8 heteroatoms. The number of amides is 1. The van der Waals surface area contributed by atoms with Gasteiger partial charge in [0, 0.05) is 26.1 Å². The van der Waals surface area contributed by atoms with E-state index in [9.17, 15) is 14.7 Å². The number of carbonyl (C=O) groups excluding carboxylic acids is 1. The number of hydrogen-bond acceptors (Lipinski definition) is 6. The van der Waals surface area contributed by atoms with Crippen LogP contribution in [0.3, 0.4) is 0 Å². The van der Waals surface area contributed by atoms with E-state index in [1.54, 1.807) is 0 Å². The first-order valence-electron chi connectivity index (χ1n) is 5.66. The standard InChI is InChI=1S/C10H22N4O4/c1-6(10(17)18)14(2)13-9(16)4-7(12)3-8(15)5-11/h6-8,15H,3-5,11-12H2,1-2H3,(H,13,16)(H,17,18)/t6-,7+,8+/m0/s1. The summed E-state index contributed by atoms with van der Waals surface area (Å²) in [5.41, 5.74) is 13.3. The first kappa shape index (κ1) is 16.8. The maximum Gasteiger partial charge on any atom is 0.322 e. The van der Waals surface area contributed by atoms with E-state index in [2.05, 4.69) is 5.43 Å². The van der Waals surface area contributed by atoms with Crippen LogP contribution in [-0.4, -0.2) is 58.9 Å². The fraction of sp³-hybridized carbons (Fsp3) is 0.800. The van der Waals surface area contributed by atoms with Crippen LogP contribution in [0.25, 0.3) is 0 Å². The molecule has 0 heterocycles. The van der Waals surface area contributed by atoms with Crippen LogP contribution in [0.15, 0.2) is 0 Å². The van der Waals surface area contributed by atoms with Crippen LogP contribution in [-0.2, 0) is 9.59 Å². The zero-order valence-corrected chi connectivity index (χ0v) is 10.7. The van der Waals surface area contributed by atoms with Gasteiger partial charge in [0.05, 0.1) is 6.10 Å². The second kappa shape index (κ2) is 7.98. The Kier molecular flexibility index (Phi) is 7.44. The highest BCUT2D eigenvalue weighted by Gasteiger charge is 2.20. The largest absolute Gasteiger partial charge is 0.480 e. The van der Waals surface area contributed by atoms with Crippen LogP contribution < -0.4 is 16.9 Å². The van der Waals surface area contributed by atoms with E-state index in [0.717, 1.165) is 0 Å². The number of carbonyl (C=O) groups is 2. The van der Waals surface area contributed by atoms with Gasteiger partial charge in [-0.3, -0.25) is 15.0 Å². The topological polar surface area (TPSA) is 142 Å². The average Bonchev–Trinajstić information content (AvgIpc) is 2.26. The molecule has 0 aliphatic rings. The number of rotatable bonds is 8. The highest BCUT2D eigenvalue weighted by Crippen LogP contribution is 2.00. The fourth-order valence-electron chi connectivity index (χ4n) is 1.27. The van der Waals surface area contributed by atoms with Crippen molar-refractivity contribution in [3.05, 3.63) is 0 Å². The Morgan fingerprint density at radius 2 is 2.00 bits per heavy atom. The minimum Gasteiger partial charge on any atom is -0.480 e. The lowest BCUT2D eigenvalue weighted by Crippen LogP contribution is -2.49. The Balaban J connectivity index is 4.07. The van der Waals surface area contributed by atoms with Crippen molar-refractivity contribution in [1.82, 2.24) is 10.4 Å². The Morgan fingerprint density at radius 3 is 2.44 bits per heavy atom. The number of aliphatic hydroxyl groups is 1. The highest BCUT2D eigenvalue weighted by molar-refractivity contribution is 5.77. The minimum absolute atomic E-state index is 0.00621. The highest BCUT2D eigenvalue weighted by atomic mass is 16.4. The molecule has 0 rings (SSSR count). The molecule has 0 unspecified atom stereocenters. The van der Waals surface area contributed by atoms with Gasteiger partial charge in [-0.15, -0.1) is 0 Å². The third-order valence-electron chi connectivity index (χ3n) is 2.53. The average molecular weight is 262 g/mol. The molecule has 3 atom stereocenters. The van der Waals surface area contributed by atoms with Crippen LogP contribution in [0.5, 0.6) is 0 Å². The lowest BCUT2D eigenvalue weighted by molar-refractivity contribution is -0.144. The van der Waals surface area contributed by atoms with Gasteiger partial charge < -0.3 is 21.7 Å². The van der Waals surface area contributed by atoms with Gasteiger partial charge in [-0.1, -0.05) is 0 Å². The number of hydrazine groups is 1. The zero-order chi connectivity index (χ0) is 14.3. The van der Waals surface area contributed by atoms with Gasteiger partial charge in [-0.05, 0) is 13.3 Å². The van der Waals surface area contributed by atoms with E-state index in [4.69, 9.17) is 16.6 Å². The van der Waals surface area contributed by atoms with E-state index in [-0.39, 0.29) is 19.4 Å². The molecule has 106 valence electrons. The number of nitrogens with zero attached hydrogens (tertiary/aromatic N) is 1. The second-order valence-electron chi connectivity index (χ2n) is 4.25. The van der Waals surface area contributed by atoms with Crippen molar-refractivity contribution in [3.63, 3.8) is 0 Å². The van der Waals surface area contributed by atoms with Gasteiger partial charge in [0.2, 0.25) is 5.91 Å². The summed E-state index contributed by atoms with van der Waals surface area (Å²) in [6, 6.07) is -1.35. The monoisotopic (exact) mass is 262 g/mol. The van der Waals surface area contributed by atoms with Crippen LogP contribution in [0.2, 0.25) is 0 Å². The molecular weight excluding hydrogens is 240 g/mol.